The van der Waals surface area contributed by atoms with Crippen molar-refractivity contribution in [2.75, 3.05) is 52.9 Å². The lowest BCUT2D eigenvalue weighted by Crippen LogP contribution is -2.50. The number of ether oxygens (including phenoxy) is 1. The zero-order valence-corrected chi connectivity index (χ0v) is 17.4. The summed E-state index contributed by atoms with van der Waals surface area (Å²) in [6.45, 7) is 10.4. The van der Waals surface area contributed by atoms with Crippen molar-refractivity contribution in [3.63, 3.8) is 0 Å². The summed E-state index contributed by atoms with van der Waals surface area (Å²) in [5.74, 6) is 1.03. The number of nitrogens with one attached hydrogen (secondary N) is 1. The minimum atomic E-state index is 0.273. The normalized spacial score (nSPS) is 29.3. The number of aliphatic imine (C=N–C) groups is 1. The van der Waals surface area contributed by atoms with Gasteiger partial charge in [0.1, 0.15) is 0 Å². The second-order valence-corrected chi connectivity index (χ2v) is 8.19. The average Bonchev–Trinajstić information content (AvgIpc) is 3.36. The molecular weight excluding hydrogens is 350 g/mol. The molecule has 3 fully saturated rings. The lowest BCUT2D eigenvalue weighted by atomic mass is 10.1. The minimum absolute atomic E-state index is 0.273. The van der Waals surface area contributed by atoms with Gasteiger partial charge in [-0.2, -0.15) is 0 Å². The molecule has 1 N–H and O–H groups in total. The third kappa shape index (κ3) is 4.34. The molecular formula is C22H35N5O. The van der Waals surface area contributed by atoms with Crippen molar-refractivity contribution in [1.82, 2.24) is 20.0 Å². The van der Waals surface area contributed by atoms with E-state index in [1.807, 2.05) is 7.05 Å². The summed E-state index contributed by atoms with van der Waals surface area (Å²) in [5.41, 5.74) is 1.38. The van der Waals surface area contributed by atoms with Gasteiger partial charge in [-0.15, -0.1) is 0 Å². The Morgan fingerprint density at radius 2 is 2.04 bits per heavy atom. The molecule has 3 saturated heterocycles. The van der Waals surface area contributed by atoms with Crippen LogP contribution in [0.2, 0.25) is 0 Å². The van der Waals surface area contributed by atoms with Gasteiger partial charge in [0.05, 0.1) is 18.8 Å². The molecule has 6 heteroatoms. The van der Waals surface area contributed by atoms with Crippen LogP contribution in [-0.2, 0) is 11.3 Å². The van der Waals surface area contributed by atoms with Crippen LogP contribution in [0.5, 0.6) is 0 Å². The number of hydrogen-bond acceptors (Lipinski definition) is 4. The van der Waals surface area contributed by atoms with E-state index in [2.05, 4.69) is 62.3 Å². The molecule has 0 amide bonds. The predicted octanol–water partition coefficient (Wildman–Crippen LogP) is 1.63. The van der Waals surface area contributed by atoms with Gasteiger partial charge in [0.25, 0.3) is 0 Å². The Hall–Kier alpha value is -1.63. The number of benzene rings is 1. The van der Waals surface area contributed by atoms with Crippen molar-refractivity contribution in [3.05, 3.63) is 35.9 Å². The van der Waals surface area contributed by atoms with Crippen LogP contribution in [0.3, 0.4) is 0 Å². The van der Waals surface area contributed by atoms with Gasteiger partial charge in [-0.25, -0.2) is 0 Å². The van der Waals surface area contributed by atoms with E-state index in [-0.39, 0.29) is 6.10 Å². The zero-order chi connectivity index (χ0) is 19.3. The first-order chi connectivity index (χ1) is 13.8. The second-order valence-electron chi connectivity index (χ2n) is 8.19. The Morgan fingerprint density at radius 1 is 1.18 bits per heavy atom. The highest BCUT2D eigenvalue weighted by molar-refractivity contribution is 5.80. The van der Waals surface area contributed by atoms with E-state index in [0.717, 1.165) is 51.8 Å². The molecule has 3 aliphatic heterocycles. The summed E-state index contributed by atoms with van der Waals surface area (Å²) in [6, 6.07) is 11.9. The van der Waals surface area contributed by atoms with Gasteiger partial charge in [0.15, 0.2) is 5.96 Å². The third-order valence-corrected chi connectivity index (χ3v) is 6.56. The third-order valence-electron chi connectivity index (χ3n) is 6.56. The molecule has 3 unspecified atom stereocenters. The lowest BCUT2D eigenvalue weighted by molar-refractivity contribution is -0.0502. The number of hydrogen-bond donors (Lipinski definition) is 1. The fraction of sp³-hybridized carbons (Fsp3) is 0.682. The largest absolute Gasteiger partial charge is 0.373 e. The smallest absolute Gasteiger partial charge is 0.193 e. The van der Waals surface area contributed by atoms with Gasteiger partial charge in [-0.05, 0) is 31.5 Å². The number of morpholine rings is 1. The van der Waals surface area contributed by atoms with Crippen LogP contribution in [0.4, 0.5) is 0 Å². The number of likely N-dealkylation sites (N-methyl/N-ethyl adjacent to an activating group) is 1. The van der Waals surface area contributed by atoms with Gasteiger partial charge < -0.3 is 15.0 Å². The van der Waals surface area contributed by atoms with Crippen LogP contribution in [0.15, 0.2) is 35.3 Å². The number of likely N-dealkylation sites (tertiary alicyclic amines) is 2. The van der Waals surface area contributed by atoms with Crippen molar-refractivity contribution in [2.45, 2.75) is 44.5 Å². The fourth-order valence-electron chi connectivity index (χ4n) is 5.03. The maximum absolute atomic E-state index is 6.13. The van der Waals surface area contributed by atoms with Crippen molar-refractivity contribution < 1.29 is 4.74 Å². The van der Waals surface area contributed by atoms with Crippen LogP contribution in [0.25, 0.3) is 0 Å². The van der Waals surface area contributed by atoms with Crippen molar-refractivity contribution in [1.29, 1.82) is 0 Å². The van der Waals surface area contributed by atoms with Crippen molar-refractivity contribution in [2.24, 2.45) is 4.99 Å². The fourth-order valence-corrected chi connectivity index (χ4v) is 5.03. The van der Waals surface area contributed by atoms with Crippen LogP contribution in [0.1, 0.15) is 25.3 Å². The zero-order valence-electron chi connectivity index (χ0n) is 17.4. The summed E-state index contributed by atoms with van der Waals surface area (Å²) in [5, 5.41) is 3.65. The van der Waals surface area contributed by atoms with E-state index in [1.54, 1.807) is 0 Å². The summed E-state index contributed by atoms with van der Waals surface area (Å²) in [7, 11) is 1.90. The Balaban J connectivity index is 1.35. The highest BCUT2D eigenvalue weighted by Crippen LogP contribution is 2.25. The Morgan fingerprint density at radius 3 is 2.82 bits per heavy atom. The number of nitrogens with zero attached hydrogens (tertiary/aromatic N) is 4. The maximum atomic E-state index is 6.13. The molecule has 154 valence electrons. The van der Waals surface area contributed by atoms with Gasteiger partial charge in [0, 0.05) is 45.8 Å². The molecule has 3 heterocycles. The predicted molar refractivity (Wildman–Crippen MR) is 114 cm³/mol. The van der Waals surface area contributed by atoms with E-state index < -0.39 is 0 Å². The first-order valence-corrected chi connectivity index (χ1v) is 10.9. The molecule has 0 saturated carbocycles. The topological polar surface area (TPSA) is 43.3 Å². The highest BCUT2D eigenvalue weighted by Gasteiger charge is 2.41. The molecule has 0 bridgehead atoms. The molecule has 0 radical (unpaired) electrons. The molecule has 3 atom stereocenters. The Labute approximate surface area is 169 Å². The molecule has 4 rings (SSSR count). The summed E-state index contributed by atoms with van der Waals surface area (Å²) >= 11 is 0. The first kappa shape index (κ1) is 19.7. The first-order valence-electron chi connectivity index (χ1n) is 10.9. The second kappa shape index (κ2) is 9.25. The molecule has 1 aromatic carbocycles. The van der Waals surface area contributed by atoms with Gasteiger partial charge in [-0.3, -0.25) is 14.8 Å². The summed E-state index contributed by atoms with van der Waals surface area (Å²) in [4.78, 5) is 12.1. The van der Waals surface area contributed by atoms with Crippen LogP contribution < -0.4 is 5.32 Å². The Kier molecular flexibility index (Phi) is 6.50. The van der Waals surface area contributed by atoms with E-state index in [4.69, 9.17) is 4.74 Å². The standard InChI is InChI=1S/C22H35N5O/c1-3-25-11-7-10-19(25)14-24-22(23-2)27-16-20-21(17-27)28-13-12-26(20)15-18-8-5-4-6-9-18/h4-6,8-9,19-21H,3,7,10-17H2,1-2H3,(H,23,24). The van der Waals surface area contributed by atoms with Gasteiger partial charge >= 0.3 is 0 Å². The molecule has 6 nitrogen and oxygen atoms in total. The number of fused-ring (bicyclic) bond motifs is 1. The quantitative estimate of drug-likeness (QED) is 0.617. The molecule has 0 aromatic heterocycles. The van der Waals surface area contributed by atoms with Crippen LogP contribution >= 0.6 is 0 Å². The van der Waals surface area contributed by atoms with E-state index in [1.165, 1.54) is 24.9 Å². The Bertz CT molecular complexity index is 652. The molecule has 0 aliphatic carbocycles. The monoisotopic (exact) mass is 385 g/mol. The van der Waals surface area contributed by atoms with Gasteiger partial charge in [0.2, 0.25) is 0 Å². The SMILES string of the molecule is CCN1CCCC1CNC(=NC)N1CC2OCCN(Cc3ccccc3)C2C1. The molecule has 0 spiro atoms. The van der Waals surface area contributed by atoms with E-state index in [9.17, 15) is 0 Å². The number of rotatable bonds is 5. The minimum Gasteiger partial charge on any atom is -0.373 e. The summed E-state index contributed by atoms with van der Waals surface area (Å²) in [6.07, 6.45) is 2.88. The van der Waals surface area contributed by atoms with Crippen molar-refractivity contribution in [3.8, 4) is 0 Å². The molecule has 28 heavy (non-hydrogen) atoms. The summed E-state index contributed by atoms with van der Waals surface area (Å²) < 4.78 is 6.13. The molecule has 3 aliphatic rings. The van der Waals surface area contributed by atoms with Crippen molar-refractivity contribution >= 4 is 5.96 Å². The maximum Gasteiger partial charge on any atom is 0.193 e. The van der Waals surface area contributed by atoms with Crippen LogP contribution in [0, 0.1) is 0 Å². The molecule has 1 aromatic rings. The highest BCUT2D eigenvalue weighted by atomic mass is 16.5. The van der Waals surface area contributed by atoms with E-state index >= 15 is 0 Å². The van der Waals surface area contributed by atoms with Gasteiger partial charge in [-0.1, -0.05) is 37.3 Å². The van der Waals surface area contributed by atoms with Crippen LogP contribution in [-0.4, -0.2) is 91.8 Å². The average molecular weight is 386 g/mol. The van der Waals surface area contributed by atoms with E-state index in [0.29, 0.717) is 12.1 Å². The lowest BCUT2D eigenvalue weighted by Gasteiger charge is -2.36. The number of guanidine groups is 1.